The molecule has 1 aliphatic rings. The van der Waals surface area contributed by atoms with Gasteiger partial charge in [0.2, 0.25) is 5.91 Å². The van der Waals surface area contributed by atoms with Crippen LogP contribution in [0, 0.1) is 5.92 Å². The van der Waals surface area contributed by atoms with E-state index in [0.29, 0.717) is 13.1 Å². The van der Waals surface area contributed by atoms with Gasteiger partial charge < -0.3 is 15.5 Å². The number of nitrogens with two attached hydrogens (primary N) is 1. The number of nitrogens with zero attached hydrogens (tertiary/aromatic N) is 4. The van der Waals surface area contributed by atoms with Crippen LogP contribution in [0.3, 0.4) is 0 Å². The monoisotopic (exact) mass is 395 g/mol. The second-order valence-electron chi connectivity index (χ2n) is 7.58. The third-order valence-electron chi connectivity index (χ3n) is 5.13. The highest BCUT2D eigenvalue weighted by molar-refractivity contribution is 7.17. The molecule has 1 unspecified atom stereocenters. The first-order chi connectivity index (χ1) is 13.5. The van der Waals surface area contributed by atoms with Crippen LogP contribution in [-0.4, -0.2) is 48.0 Å². The number of hydrogen-bond donors (Lipinski definition) is 1. The molecule has 28 heavy (non-hydrogen) atoms. The number of thiophene rings is 1. The van der Waals surface area contributed by atoms with Crippen molar-refractivity contribution in [2.24, 2.45) is 11.7 Å². The van der Waals surface area contributed by atoms with Crippen molar-refractivity contribution in [3.05, 3.63) is 41.5 Å². The van der Waals surface area contributed by atoms with E-state index in [1.165, 1.54) is 0 Å². The molecule has 0 spiro atoms. The molecular formula is C21H25N5OS. The third kappa shape index (κ3) is 3.72. The van der Waals surface area contributed by atoms with E-state index in [-0.39, 0.29) is 11.8 Å². The molecule has 2 N–H and O–H groups in total. The first-order valence-corrected chi connectivity index (χ1v) is 10.4. The van der Waals surface area contributed by atoms with Gasteiger partial charge in [-0.15, -0.1) is 11.3 Å². The average molecular weight is 396 g/mol. The van der Waals surface area contributed by atoms with Gasteiger partial charge in [0.25, 0.3) is 0 Å². The lowest BCUT2D eigenvalue weighted by Crippen LogP contribution is -2.41. The predicted octanol–water partition coefficient (Wildman–Crippen LogP) is 3.12. The molecule has 0 bridgehead atoms. The second-order valence-corrected chi connectivity index (χ2v) is 8.44. The van der Waals surface area contributed by atoms with Crippen LogP contribution >= 0.6 is 11.3 Å². The third-order valence-corrected chi connectivity index (χ3v) is 6.00. The number of hydrogen-bond acceptors (Lipinski definition) is 6. The number of primary amides is 1. The molecule has 0 radical (unpaired) electrons. The topological polar surface area (TPSA) is 75.3 Å². The number of fused-ring (bicyclic) bond motifs is 1. The van der Waals surface area contributed by atoms with Gasteiger partial charge in [-0.3, -0.25) is 4.79 Å². The molecule has 0 saturated carbocycles. The summed E-state index contributed by atoms with van der Waals surface area (Å²) < 4.78 is 0. The number of anilines is 1. The molecule has 0 aliphatic carbocycles. The Morgan fingerprint density at radius 3 is 2.79 bits per heavy atom. The van der Waals surface area contributed by atoms with Gasteiger partial charge >= 0.3 is 0 Å². The smallest absolute Gasteiger partial charge is 0.222 e. The molecule has 3 aromatic rings. The first-order valence-electron chi connectivity index (χ1n) is 9.55. The lowest BCUT2D eigenvalue weighted by atomic mass is 9.97. The maximum Gasteiger partial charge on any atom is 0.222 e. The van der Waals surface area contributed by atoms with Gasteiger partial charge in [-0.1, -0.05) is 30.3 Å². The first kappa shape index (κ1) is 18.8. The van der Waals surface area contributed by atoms with Crippen LogP contribution in [0.4, 0.5) is 5.82 Å². The van der Waals surface area contributed by atoms with E-state index in [4.69, 9.17) is 15.7 Å². The average Bonchev–Trinajstić information content (AvgIpc) is 3.11. The Morgan fingerprint density at radius 2 is 2.07 bits per heavy atom. The van der Waals surface area contributed by atoms with Crippen molar-refractivity contribution in [3.63, 3.8) is 0 Å². The van der Waals surface area contributed by atoms with E-state index >= 15 is 0 Å². The molecule has 3 heterocycles. The van der Waals surface area contributed by atoms with Crippen LogP contribution in [0.15, 0.2) is 35.7 Å². The Labute approximate surface area is 169 Å². The molecule has 146 valence electrons. The van der Waals surface area contributed by atoms with E-state index in [2.05, 4.69) is 27.3 Å². The highest BCUT2D eigenvalue weighted by Gasteiger charge is 2.27. The Hall–Kier alpha value is -2.51. The summed E-state index contributed by atoms with van der Waals surface area (Å²) in [5, 5.41) is 3.23. The number of rotatable bonds is 5. The fourth-order valence-electron chi connectivity index (χ4n) is 3.78. The van der Waals surface area contributed by atoms with Crippen LogP contribution in [0.5, 0.6) is 0 Å². The summed E-state index contributed by atoms with van der Waals surface area (Å²) in [6.45, 7) is 2.17. The summed E-state index contributed by atoms with van der Waals surface area (Å²) in [5.74, 6) is 1.37. The van der Waals surface area contributed by atoms with Crippen molar-refractivity contribution in [2.45, 2.75) is 19.4 Å². The van der Waals surface area contributed by atoms with Crippen LogP contribution in [0.25, 0.3) is 21.3 Å². The van der Waals surface area contributed by atoms with Crippen molar-refractivity contribution in [3.8, 4) is 11.1 Å². The zero-order valence-electron chi connectivity index (χ0n) is 16.3. The molecule has 6 nitrogen and oxygen atoms in total. The molecule has 2 aromatic heterocycles. The summed E-state index contributed by atoms with van der Waals surface area (Å²) in [4.78, 5) is 26.8. The molecule has 1 atom stereocenters. The van der Waals surface area contributed by atoms with E-state index in [1.807, 2.05) is 32.3 Å². The summed E-state index contributed by atoms with van der Waals surface area (Å²) in [7, 11) is 4.03. The Morgan fingerprint density at radius 1 is 1.29 bits per heavy atom. The maximum atomic E-state index is 11.8. The Balaban J connectivity index is 1.85. The van der Waals surface area contributed by atoms with Crippen molar-refractivity contribution in [2.75, 3.05) is 32.1 Å². The number of aromatic nitrogens is 2. The largest absolute Gasteiger partial charge is 0.369 e. The number of amides is 1. The zero-order chi connectivity index (χ0) is 19.7. The number of benzene rings is 1. The molecule has 4 rings (SSSR count). The van der Waals surface area contributed by atoms with E-state index in [0.717, 1.165) is 52.4 Å². The minimum absolute atomic E-state index is 0.130. The summed E-state index contributed by atoms with van der Waals surface area (Å²) >= 11 is 1.65. The van der Waals surface area contributed by atoms with Crippen molar-refractivity contribution in [1.82, 2.24) is 14.9 Å². The van der Waals surface area contributed by atoms with Gasteiger partial charge in [0, 0.05) is 24.0 Å². The fraction of sp³-hybridized carbons (Fsp3) is 0.381. The van der Waals surface area contributed by atoms with E-state index in [1.54, 1.807) is 11.3 Å². The lowest BCUT2D eigenvalue weighted by Gasteiger charge is -2.33. The van der Waals surface area contributed by atoms with Crippen LogP contribution < -0.4 is 10.6 Å². The fourth-order valence-corrected chi connectivity index (χ4v) is 4.74. The van der Waals surface area contributed by atoms with Crippen molar-refractivity contribution >= 4 is 33.3 Å². The molecule has 1 aromatic carbocycles. The van der Waals surface area contributed by atoms with E-state index < -0.39 is 0 Å². The van der Waals surface area contributed by atoms with E-state index in [9.17, 15) is 4.79 Å². The molecule has 1 saturated heterocycles. The standard InChI is InChI=1S/C21H25N5OS/c1-25(2)12-17-23-20(26-10-6-9-15(11-26)19(22)27)18-16(13-28-21(18)24-17)14-7-4-3-5-8-14/h3-5,7-8,13,15H,6,9-12H2,1-2H3,(H2,22,27). The number of piperidine rings is 1. The van der Waals surface area contributed by atoms with Gasteiger partial charge in [-0.2, -0.15) is 0 Å². The van der Waals surface area contributed by atoms with Crippen molar-refractivity contribution in [1.29, 1.82) is 0 Å². The highest BCUT2D eigenvalue weighted by atomic mass is 32.1. The van der Waals surface area contributed by atoms with Gasteiger partial charge in [0.05, 0.1) is 17.8 Å². The normalized spacial score (nSPS) is 17.4. The second kappa shape index (κ2) is 7.85. The van der Waals surface area contributed by atoms with Crippen LogP contribution in [0.2, 0.25) is 0 Å². The predicted molar refractivity (Wildman–Crippen MR) is 114 cm³/mol. The zero-order valence-corrected chi connectivity index (χ0v) is 17.1. The maximum absolute atomic E-state index is 11.8. The number of carbonyl (C=O) groups is 1. The lowest BCUT2D eigenvalue weighted by molar-refractivity contribution is -0.122. The quantitative estimate of drug-likeness (QED) is 0.718. The van der Waals surface area contributed by atoms with Crippen LogP contribution in [-0.2, 0) is 11.3 Å². The van der Waals surface area contributed by atoms with Gasteiger partial charge in [-0.25, -0.2) is 9.97 Å². The Bertz CT molecular complexity index is 985. The Kier molecular flexibility index (Phi) is 5.28. The molecule has 7 heteroatoms. The minimum Gasteiger partial charge on any atom is -0.369 e. The summed E-state index contributed by atoms with van der Waals surface area (Å²) in [5.41, 5.74) is 7.92. The highest BCUT2D eigenvalue weighted by Crippen LogP contribution is 2.39. The summed E-state index contributed by atoms with van der Waals surface area (Å²) in [6.07, 6.45) is 1.78. The van der Waals surface area contributed by atoms with Gasteiger partial charge in [-0.05, 0) is 32.5 Å². The molecule has 1 fully saturated rings. The molecule has 1 amide bonds. The molecule has 1 aliphatic heterocycles. The number of carbonyl (C=O) groups excluding carboxylic acids is 1. The van der Waals surface area contributed by atoms with Crippen LogP contribution in [0.1, 0.15) is 18.7 Å². The minimum atomic E-state index is -0.225. The van der Waals surface area contributed by atoms with Crippen molar-refractivity contribution < 1.29 is 4.79 Å². The SMILES string of the molecule is CN(C)Cc1nc(N2CCCC(C(N)=O)C2)c2c(-c3ccccc3)csc2n1. The van der Waals surface area contributed by atoms with Gasteiger partial charge in [0.1, 0.15) is 16.5 Å². The summed E-state index contributed by atoms with van der Waals surface area (Å²) in [6, 6.07) is 10.3. The van der Waals surface area contributed by atoms with Gasteiger partial charge in [0.15, 0.2) is 0 Å². The molecular weight excluding hydrogens is 370 g/mol.